The normalized spacial score (nSPS) is 23.9. The van der Waals surface area contributed by atoms with Crippen LogP contribution >= 0.6 is 0 Å². The van der Waals surface area contributed by atoms with Gasteiger partial charge in [0.2, 0.25) is 0 Å². The van der Waals surface area contributed by atoms with Gasteiger partial charge in [-0.3, -0.25) is 4.90 Å². The molecule has 1 aromatic carbocycles. The zero-order chi connectivity index (χ0) is 14.3. The summed E-state index contributed by atoms with van der Waals surface area (Å²) in [7, 11) is 17.0. The molecule has 94 valence electrons. The molecule has 1 heterocycles. The molecule has 4 nitrogen and oxygen atoms in total. The summed E-state index contributed by atoms with van der Waals surface area (Å²) in [5.41, 5.74) is 6.28. The molecular weight excluding hydrogens is 237 g/mol. The molecule has 0 saturated carbocycles. The fourth-order valence-electron chi connectivity index (χ4n) is 2.45. The Balaban J connectivity index is 2.36. The van der Waals surface area contributed by atoms with E-state index in [9.17, 15) is 10.2 Å². The molecule has 1 fully saturated rings. The monoisotopic (exact) mass is 252 g/mol. The van der Waals surface area contributed by atoms with Gasteiger partial charge in [0, 0.05) is 30.7 Å². The molecule has 2 rings (SSSR count). The summed E-state index contributed by atoms with van der Waals surface area (Å²) < 4.78 is 0. The molecule has 0 amide bonds. The first kappa shape index (κ1) is 14.3. The van der Waals surface area contributed by atoms with Crippen molar-refractivity contribution in [2.24, 2.45) is 5.73 Å². The number of aromatic hydroxyl groups is 2. The van der Waals surface area contributed by atoms with Gasteiger partial charge in [0.1, 0.15) is 35.0 Å². The number of hydrogen-bond donors (Lipinski definition) is 3. The lowest BCUT2D eigenvalue weighted by molar-refractivity contribution is 0.249. The van der Waals surface area contributed by atoms with Gasteiger partial charge in [-0.05, 0) is 18.8 Å². The van der Waals surface area contributed by atoms with E-state index in [2.05, 4.69) is 4.90 Å². The number of likely N-dealkylation sites (tertiary alicyclic amines) is 1. The lowest BCUT2D eigenvalue weighted by atomic mass is 9.73. The highest BCUT2D eigenvalue weighted by atomic mass is 16.3. The van der Waals surface area contributed by atoms with Crippen molar-refractivity contribution in [1.82, 2.24) is 4.90 Å². The Hall–Kier alpha value is -1.07. The molecule has 4 N–H and O–H groups in total. The first-order valence-electron chi connectivity index (χ1n) is 6.21. The van der Waals surface area contributed by atoms with Gasteiger partial charge in [0.25, 0.3) is 0 Å². The van der Waals surface area contributed by atoms with Crippen LogP contribution < -0.4 is 22.1 Å². The van der Waals surface area contributed by atoms with Gasteiger partial charge in [-0.25, -0.2) is 0 Å². The quantitative estimate of drug-likeness (QED) is 0.398. The SMILES string of the molecule is [B]c1c([B])c(O)c(CN2CC[C@H](N)[C@@H]2C)c([B])c1O. The van der Waals surface area contributed by atoms with Crippen LogP contribution in [0, 0.1) is 0 Å². The molecule has 1 aliphatic heterocycles. The van der Waals surface area contributed by atoms with Crippen molar-refractivity contribution < 1.29 is 10.2 Å². The second-order valence-electron chi connectivity index (χ2n) is 5.08. The van der Waals surface area contributed by atoms with E-state index in [0.717, 1.165) is 13.0 Å². The lowest BCUT2D eigenvalue weighted by Gasteiger charge is -2.26. The second-order valence-corrected chi connectivity index (χ2v) is 5.08. The highest BCUT2D eigenvalue weighted by molar-refractivity contribution is 6.53. The summed E-state index contributed by atoms with van der Waals surface area (Å²) in [5, 5.41) is 19.8. The minimum atomic E-state index is -0.276. The standard InChI is InChI=1S/C12H15B3N2O2/c1-5-7(16)2-3-17(5)4-6-8(13)12(19)10(15)9(14)11(6)18/h5,7,18-19H,2-4,16H2,1H3/t5-,7-/m0/s1. The van der Waals surface area contributed by atoms with Crippen LogP contribution in [0.5, 0.6) is 11.5 Å². The van der Waals surface area contributed by atoms with E-state index < -0.39 is 0 Å². The summed E-state index contributed by atoms with van der Waals surface area (Å²) >= 11 is 0. The Morgan fingerprint density at radius 3 is 2.26 bits per heavy atom. The average Bonchev–Trinajstić information content (AvgIpc) is 2.71. The molecule has 1 aromatic rings. The minimum Gasteiger partial charge on any atom is -0.509 e. The molecule has 7 heteroatoms. The van der Waals surface area contributed by atoms with E-state index in [-0.39, 0.29) is 40.0 Å². The van der Waals surface area contributed by atoms with E-state index in [1.54, 1.807) is 0 Å². The maximum absolute atomic E-state index is 10.0. The zero-order valence-electron chi connectivity index (χ0n) is 10.9. The first-order valence-corrected chi connectivity index (χ1v) is 6.21. The van der Waals surface area contributed by atoms with Gasteiger partial charge in [-0.15, -0.1) is 0 Å². The summed E-state index contributed by atoms with van der Waals surface area (Å²) in [4.78, 5) is 2.09. The molecule has 6 radical (unpaired) electrons. The third-order valence-corrected chi connectivity index (χ3v) is 3.97. The summed E-state index contributed by atoms with van der Waals surface area (Å²) in [6.07, 6.45) is 0.887. The van der Waals surface area contributed by atoms with Crippen molar-refractivity contribution in [2.75, 3.05) is 6.54 Å². The van der Waals surface area contributed by atoms with Crippen LogP contribution in [0.25, 0.3) is 0 Å². The Morgan fingerprint density at radius 1 is 1.16 bits per heavy atom. The van der Waals surface area contributed by atoms with Crippen LogP contribution in [0.2, 0.25) is 0 Å². The fourth-order valence-corrected chi connectivity index (χ4v) is 2.45. The van der Waals surface area contributed by atoms with Gasteiger partial charge >= 0.3 is 0 Å². The Bertz CT molecular complexity index is 481. The van der Waals surface area contributed by atoms with Crippen LogP contribution in [-0.4, -0.2) is 57.3 Å². The number of nitrogens with zero attached hydrogens (tertiary/aromatic N) is 1. The van der Waals surface area contributed by atoms with Gasteiger partial charge in [0.15, 0.2) is 0 Å². The van der Waals surface area contributed by atoms with Gasteiger partial charge in [0.05, 0.1) is 0 Å². The Morgan fingerprint density at radius 2 is 1.74 bits per heavy atom. The maximum Gasteiger partial charge on any atom is 0.119 e. The summed E-state index contributed by atoms with van der Waals surface area (Å²) in [6, 6.07) is 0.280. The van der Waals surface area contributed by atoms with E-state index in [1.807, 2.05) is 6.92 Å². The molecule has 0 bridgehead atoms. The van der Waals surface area contributed by atoms with E-state index in [0.29, 0.717) is 12.1 Å². The van der Waals surface area contributed by atoms with Crippen LogP contribution in [-0.2, 0) is 6.54 Å². The van der Waals surface area contributed by atoms with E-state index in [1.165, 1.54) is 0 Å². The van der Waals surface area contributed by atoms with Crippen LogP contribution in [0.15, 0.2) is 0 Å². The molecule has 1 aliphatic rings. The summed E-state index contributed by atoms with van der Waals surface area (Å²) in [6.45, 7) is 3.21. The minimum absolute atomic E-state index is 0.0437. The molecular formula is C12H15B3N2O2. The van der Waals surface area contributed by atoms with Crippen molar-refractivity contribution in [1.29, 1.82) is 0 Å². The fraction of sp³-hybridized carbons (Fsp3) is 0.500. The Kier molecular flexibility index (Phi) is 3.88. The number of hydrogen-bond acceptors (Lipinski definition) is 4. The van der Waals surface area contributed by atoms with Crippen molar-refractivity contribution >= 4 is 39.9 Å². The number of benzene rings is 1. The average molecular weight is 252 g/mol. The second kappa shape index (κ2) is 5.14. The largest absolute Gasteiger partial charge is 0.509 e. The maximum atomic E-state index is 10.0. The molecule has 0 unspecified atom stereocenters. The third kappa shape index (κ3) is 2.37. The first-order chi connectivity index (χ1) is 8.84. The van der Waals surface area contributed by atoms with Gasteiger partial charge in [-0.2, -0.15) is 0 Å². The molecule has 2 atom stereocenters. The van der Waals surface area contributed by atoms with Crippen molar-refractivity contribution in [2.45, 2.75) is 32.0 Å². The summed E-state index contributed by atoms with van der Waals surface area (Å²) in [5.74, 6) is -0.443. The third-order valence-electron chi connectivity index (χ3n) is 3.97. The van der Waals surface area contributed by atoms with Crippen LogP contribution in [0.1, 0.15) is 18.9 Å². The predicted molar refractivity (Wildman–Crippen MR) is 78.4 cm³/mol. The number of rotatable bonds is 2. The molecule has 0 aromatic heterocycles. The number of phenolic OH excluding ortho intramolecular Hbond substituents is 2. The van der Waals surface area contributed by atoms with Gasteiger partial charge < -0.3 is 15.9 Å². The predicted octanol–water partition coefficient (Wildman–Crippen LogP) is -2.60. The highest BCUT2D eigenvalue weighted by Crippen LogP contribution is 2.22. The van der Waals surface area contributed by atoms with Gasteiger partial charge in [-0.1, -0.05) is 10.9 Å². The lowest BCUT2D eigenvalue weighted by Crippen LogP contribution is -2.39. The molecule has 0 spiro atoms. The molecule has 19 heavy (non-hydrogen) atoms. The van der Waals surface area contributed by atoms with Crippen molar-refractivity contribution in [3.05, 3.63) is 5.56 Å². The van der Waals surface area contributed by atoms with E-state index in [4.69, 9.17) is 29.3 Å². The number of phenols is 2. The topological polar surface area (TPSA) is 69.7 Å². The van der Waals surface area contributed by atoms with Crippen molar-refractivity contribution in [3.63, 3.8) is 0 Å². The number of nitrogens with two attached hydrogens (primary N) is 1. The highest BCUT2D eigenvalue weighted by Gasteiger charge is 2.29. The van der Waals surface area contributed by atoms with Crippen LogP contribution in [0.4, 0.5) is 0 Å². The van der Waals surface area contributed by atoms with Crippen LogP contribution in [0.3, 0.4) is 0 Å². The smallest absolute Gasteiger partial charge is 0.119 e. The zero-order valence-corrected chi connectivity index (χ0v) is 10.9. The van der Waals surface area contributed by atoms with Crippen molar-refractivity contribution in [3.8, 4) is 11.5 Å². The van der Waals surface area contributed by atoms with E-state index >= 15 is 0 Å². The molecule has 0 aliphatic carbocycles. The Labute approximate surface area is 117 Å². The molecule has 1 saturated heterocycles.